The minimum Gasteiger partial charge on any atom is -0.392 e. The predicted molar refractivity (Wildman–Crippen MR) is 73.8 cm³/mol. The van der Waals surface area contributed by atoms with Crippen molar-refractivity contribution < 1.29 is 34.0 Å². The second-order valence-corrected chi connectivity index (χ2v) is 4.31. The number of carbonyl (C=O) groups excluding carboxylic acids is 2. The minimum atomic E-state index is -2.91. The van der Waals surface area contributed by atoms with Crippen molar-refractivity contribution in [3.05, 3.63) is 37.0 Å². The van der Waals surface area contributed by atoms with Crippen LogP contribution in [0.15, 0.2) is 37.0 Å². The van der Waals surface area contributed by atoms with Gasteiger partial charge < -0.3 is 24.4 Å². The molecule has 0 heterocycles. The zero-order valence-electron chi connectivity index (χ0n) is 12.1. The van der Waals surface area contributed by atoms with Gasteiger partial charge in [-0.15, -0.1) is 6.58 Å². The molecule has 0 rings (SSSR count). The fourth-order valence-electron chi connectivity index (χ4n) is 0.965. The summed E-state index contributed by atoms with van der Waals surface area (Å²) >= 11 is 0. The Kier molecular flexibility index (Phi) is 7.57. The topological polar surface area (TPSA) is 102 Å². The molecule has 0 bridgehead atoms. The summed E-state index contributed by atoms with van der Waals surface area (Å²) in [4.78, 5) is 23.0. The van der Waals surface area contributed by atoms with Crippen molar-refractivity contribution in [1.29, 1.82) is 0 Å². The van der Waals surface area contributed by atoms with Crippen molar-refractivity contribution >= 4 is 11.9 Å². The fourth-order valence-corrected chi connectivity index (χ4v) is 0.965. The summed E-state index contributed by atoms with van der Waals surface area (Å²) in [5.74, 6) is -5.00. The molecule has 0 aromatic rings. The molecule has 0 aromatic carbocycles. The molecule has 0 amide bonds. The lowest BCUT2D eigenvalue weighted by atomic mass is 10.3. The number of carbonyl (C=O) groups is 2. The third kappa shape index (κ3) is 6.35. The molecule has 7 nitrogen and oxygen atoms in total. The van der Waals surface area contributed by atoms with Gasteiger partial charge in [0.2, 0.25) is 0 Å². The number of hydrogen-bond acceptors (Lipinski definition) is 7. The molecule has 21 heavy (non-hydrogen) atoms. The number of aliphatic hydroxyl groups excluding tert-OH is 1. The van der Waals surface area contributed by atoms with E-state index in [1.54, 1.807) is 0 Å². The summed E-state index contributed by atoms with van der Waals surface area (Å²) in [7, 11) is 0. The van der Waals surface area contributed by atoms with E-state index in [1.807, 2.05) is 0 Å². The van der Waals surface area contributed by atoms with Crippen molar-refractivity contribution in [2.75, 3.05) is 13.2 Å². The van der Waals surface area contributed by atoms with Gasteiger partial charge in [0, 0.05) is 11.1 Å². The summed E-state index contributed by atoms with van der Waals surface area (Å²) in [5, 5.41) is 19.9. The smallest absolute Gasteiger partial charge is 0.392 e. The lowest BCUT2D eigenvalue weighted by Crippen LogP contribution is -2.52. The molecule has 0 spiro atoms. The maximum Gasteiger partial charge on any atom is 0.403 e. The quantitative estimate of drug-likeness (QED) is 0.209. The molecule has 0 aliphatic carbocycles. The first kappa shape index (κ1) is 19.0. The Bertz CT molecular complexity index is 411. The van der Waals surface area contributed by atoms with Crippen LogP contribution in [0.25, 0.3) is 0 Å². The molecule has 7 heteroatoms. The number of esters is 2. The Morgan fingerprint density at radius 1 is 1.19 bits per heavy atom. The van der Waals surface area contributed by atoms with E-state index in [1.165, 1.54) is 19.9 Å². The highest BCUT2D eigenvalue weighted by molar-refractivity contribution is 5.88. The molecule has 1 atom stereocenters. The molecule has 0 aliphatic rings. The van der Waals surface area contributed by atoms with Crippen LogP contribution in [-0.2, 0) is 23.8 Å². The monoisotopic (exact) mass is 300 g/mol. The van der Waals surface area contributed by atoms with E-state index in [4.69, 9.17) is 4.74 Å². The predicted octanol–water partition coefficient (Wildman–Crippen LogP) is 0.435. The molecule has 0 fully saturated rings. The molecular formula is C14H20O7. The third-order valence-corrected chi connectivity index (χ3v) is 2.11. The summed E-state index contributed by atoms with van der Waals surface area (Å²) in [6.07, 6.45) is -0.421. The van der Waals surface area contributed by atoms with Crippen LogP contribution in [0, 0.1) is 0 Å². The third-order valence-electron chi connectivity index (χ3n) is 2.11. The number of aliphatic hydroxyl groups is 2. The van der Waals surface area contributed by atoms with Gasteiger partial charge in [-0.2, -0.15) is 0 Å². The summed E-state index contributed by atoms with van der Waals surface area (Å²) in [5.41, 5.74) is -0.113. The van der Waals surface area contributed by atoms with Crippen LogP contribution in [0.5, 0.6) is 0 Å². The average Bonchev–Trinajstić information content (AvgIpc) is 2.38. The van der Waals surface area contributed by atoms with Crippen molar-refractivity contribution in [3.8, 4) is 0 Å². The van der Waals surface area contributed by atoms with Gasteiger partial charge in [-0.25, -0.2) is 9.59 Å². The lowest BCUT2D eigenvalue weighted by Gasteiger charge is -2.30. The van der Waals surface area contributed by atoms with Gasteiger partial charge in [0.05, 0.1) is 13.2 Å². The van der Waals surface area contributed by atoms with Gasteiger partial charge >= 0.3 is 17.9 Å². The zero-order valence-corrected chi connectivity index (χ0v) is 12.1. The molecular weight excluding hydrogens is 280 g/mol. The van der Waals surface area contributed by atoms with Crippen LogP contribution in [-0.4, -0.2) is 47.4 Å². The van der Waals surface area contributed by atoms with Crippen molar-refractivity contribution in [3.63, 3.8) is 0 Å². The molecule has 0 aliphatic heterocycles. The molecule has 0 saturated heterocycles. The number of rotatable bonds is 9. The van der Waals surface area contributed by atoms with E-state index in [0.29, 0.717) is 0 Å². The van der Waals surface area contributed by atoms with E-state index in [0.717, 1.165) is 0 Å². The summed E-state index contributed by atoms with van der Waals surface area (Å²) < 4.78 is 14.1. The Labute approximate surface area is 123 Å². The van der Waals surface area contributed by atoms with Crippen molar-refractivity contribution in [2.45, 2.75) is 25.9 Å². The van der Waals surface area contributed by atoms with E-state index in [-0.39, 0.29) is 17.8 Å². The largest absolute Gasteiger partial charge is 0.403 e. The summed E-state index contributed by atoms with van der Waals surface area (Å²) in [6, 6.07) is 0. The highest BCUT2D eigenvalue weighted by Crippen LogP contribution is 2.19. The number of hydrogen-bond donors (Lipinski definition) is 2. The fraction of sp³-hybridized carbons (Fsp3) is 0.429. The molecule has 0 aromatic heterocycles. The average molecular weight is 300 g/mol. The van der Waals surface area contributed by atoms with Crippen LogP contribution in [0.1, 0.15) is 13.8 Å². The Morgan fingerprint density at radius 2 is 1.62 bits per heavy atom. The van der Waals surface area contributed by atoms with Crippen LogP contribution >= 0.6 is 0 Å². The Morgan fingerprint density at radius 3 is 1.95 bits per heavy atom. The van der Waals surface area contributed by atoms with E-state index in [2.05, 4.69) is 29.2 Å². The van der Waals surface area contributed by atoms with Gasteiger partial charge in [-0.05, 0) is 13.8 Å². The molecule has 2 N–H and O–H groups in total. The first-order valence-electron chi connectivity index (χ1n) is 6.00. The first-order chi connectivity index (χ1) is 9.64. The highest BCUT2D eigenvalue weighted by Gasteiger charge is 2.45. The van der Waals surface area contributed by atoms with Crippen molar-refractivity contribution in [1.82, 2.24) is 0 Å². The lowest BCUT2D eigenvalue weighted by molar-refractivity contribution is -0.362. The van der Waals surface area contributed by atoms with Gasteiger partial charge in [0.15, 0.2) is 6.10 Å². The van der Waals surface area contributed by atoms with Crippen LogP contribution in [0.4, 0.5) is 0 Å². The second kappa shape index (κ2) is 8.35. The van der Waals surface area contributed by atoms with E-state index >= 15 is 0 Å². The van der Waals surface area contributed by atoms with Gasteiger partial charge in [-0.3, -0.25) is 0 Å². The van der Waals surface area contributed by atoms with Crippen LogP contribution in [0.3, 0.4) is 0 Å². The van der Waals surface area contributed by atoms with Gasteiger partial charge in [-0.1, -0.05) is 19.2 Å². The molecule has 1 unspecified atom stereocenters. The first-order valence-corrected chi connectivity index (χ1v) is 6.00. The minimum absolute atomic E-state index is 0.0565. The van der Waals surface area contributed by atoms with Gasteiger partial charge in [0.25, 0.3) is 0 Å². The second-order valence-electron chi connectivity index (χ2n) is 4.31. The zero-order chi connectivity index (χ0) is 16.6. The van der Waals surface area contributed by atoms with Gasteiger partial charge in [0.1, 0.15) is 0 Å². The van der Waals surface area contributed by atoms with E-state index in [9.17, 15) is 19.8 Å². The van der Waals surface area contributed by atoms with Crippen LogP contribution < -0.4 is 0 Å². The molecule has 0 saturated carbocycles. The van der Waals surface area contributed by atoms with E-state index < -0.39 is 30.6 Å². The normalized spacial score (nSPS) is 12.2. The number of ether oxygens (including phenoxy) is 3. The standard InChI is InChI=1S/C14H20O7/c1-6-7-19-8-11(15)14(18,20-12(16)9(2)3)21-13(17)10(4)5/h6,11,15,18H,1-2,4,7-8H2,3,5H3. The summed E-state index contributed by atoms with van der Waals surface area (Å²) in [6.45, 7) is 12.3. The Hall–Kier alpha value is -1.96. The van der Waals surface area contributed by atoms with Crippen molar-refractivity contribution in [2.24, 2.45) is 0 Å². The van der Waals surface area contributed by atoms with Crippen LogP contribution in [0.2, 0.25) is 0 Å². The maximum absolute atomic E-state index is 11.5. The molecule has 0 radical (unpaired) electrons. The SMILES string of the molecule is C=CCOCC(O)C(O)(OC(=O)C(=C)C)OC(=O)C(=C)C. The maximum atomic E-state index is 11.5. The Balaban J connectivity index is 5.08. The molecule has 118 valence electrons. The highest BCUT2D eigenvalue weighted by atomic mass is 16.8.